The van der Waals surface area contributed by atoms with Gasteiger partial charge in [-0.25, -0.2) is 0 Å². The van der Waals surface area contributed by atoms with Crippen molar-refractivity contribution < 1.29 is 9.53 Å². The number of rotatable bonds is 7. The maximum Gasteiger partial charge on any atom is 0.237 e. The number of carbonyl (C=O) groups is 1. The monoisotopic (exact) mass is 403 g/mol. The summed E-state index contributed by atoms with van der Waals surface area (Å²) in [7, 11) is 3.42. The molecule has 0 unspecified atom stereocenters. The lowest BCUT2D eigenvalue weighted by Crippen LogP contribution is -2.41. The number of hydrogen-bond donors (Lipinski definition) is 2. The van der Waals surface area contributed by atoms with Crippen molar-refractivity contribution in [2.45, 2.75) is 31.6 Å². The number of ether oxygens (including phenoxy) is 1. The molecule has 0 aromatic heterocycles. The summed E-state index contributed by atoms with van der Waals surface area (Å²) in [4.78, 5) is 14.8. The Morgan fingerprint density at radius 1 is 1.03 bits per heavy atom. The van der Waals surface area contributed by atoms with Crippen molar-refractivity contribution in [1.82, 2.24) is 15.5 Å². The lowest BCUT2D eigenvalue weighted by Gasteiger charge is -2.22. The van der Waals surface area contributed by atoms with Crippen LogP contribution in [0.1, 0.15) is 17.5 Å². The van der Waals surface area contributed by atoms with Crippen molar-refractivity contribution in [1.29, 1.82) is 0 Å². The van der Waals surface area contributed by atoms with E-state index in [1.807, 2.05) is 30.3 Å². The molecule has 0 radical (unpaired) electrons. The third-order valence-electron chi connectivity index (χ3n) is 5.96. The summed E-state index contributed by atoms with van der Waals surface area (Å²) >= 11 is 0. The average molecular weight is 404 g/mol. The number of methoxy groups -OCH3 is 1. The van der Waals surface area contributed by atoms with Gasteiger partial charge in [-0.05, 0) is 29.0 Å². The largest absolute Gasteiger partial charge is 0.496 e. The van der Waals surface area contributed by atoms with E-state index in [4.69, 9.17) is 4.74 Å². The number of fused-ring (bicyclic) bond motifs is 1. The van der Waals surface area contributed by atoms with Gasteiger partial charge in [-0.3, -0.25) is 9.69 Å². The lowest BCUT2D eigenvalue weighted by molar-refractivity contribution is -0.125. The summed E-state index contributed by atoms with van der Waals surface area (Å²) in [5.41, 5.74) is 2.47. The highest BCUT2D eigenvalue weighted by molar-refractivity contribution is 5.91. The number of nitrogens with zero attached hydrogens (tertiary/aromatic N) is 1. The van der Waals surface area contributed by atoms with E-state index in [2.05, 4.69) is 51.9 Å². The van der Waals surface area contributed by atoms with E-state index >= 15 is 0 Å². The zero-order valence-electron chi connectivity index (χ0n) is 17.6. The SMILES string of the molecule is CNC(=O)[C@@H]1C[C@H](NCc2ccc(OC)c3ccccc23)CN1Cc1ccccc1. The zero-order valence-corrected chi connectivity index (χ0v) is 17.6. The van der Waals surface area contributed by atoms with Gasteiger partial charge in [0.2, 0.25) is 5.91 Å². The number of amides is 1. The molecule has 30 heavy (non-hydrogen) atoms. The van der Waals surface area contributed by atoms with Gasteiger partial charge in [-0.15, -0.1) is 0 Å². The minimum absolute atomic E-state index is 0.0881. The molecule has 3 aromatic rings. The van der Waals surface area contributed by atoms with Gasteiger partial charge in [0.15, 0.2) is 0 Å². The Hall–Kier alpha value is -2.89. The van der Waals surface area contributed by atoms with Crippen molar-refractivity contribution in [3.63, 3.8) is 0 Å². The Balaban J connectivity index is 1.47. The van der Waals surface area contributed by atoms with E-state index in [-0.39, 0.29) is 18.0 Å². The normalized spacial score (nSPS) is 19.1. The Morgan fingerprint density at radius 2 is 1.77 bits per heavy atom. The van der Waals surface area contributed by atoms with Gasteiger partial charge in [0.25, 0.3) is 0 Å². The van der Waals surface area contributed by atoms with E-state index in [1.54, 1.807) is 14.2 Å². The number of hydrogen-bond acceptors (Lipinski definition) is 4. The first-order valence-electron chi connectivity index (χ1n) is 10.5. The molecule has 0 saturated carbocycles. The summed E-state index contributed by atoms with van der Waals surface area (Å²) in [6.07, 6.45) is 0.806. The van der Waals surface area contributed by atoms with Crippen LogP contribution in [0.15, 0.2) is 66.7 Å². The van der Waals surface area contributed by atoms with Gasteiger partial charge in [0.1, 0.15) is 5.75 Å². The topological polar surface area (TPSA) is 53.6 Å². The third kappa shape index (κ3) is 4.32. The predicted molar refractivity (Wildman–Crippen MR) is 120 cm³/mol. The average Bonchev–Trinajstić information content (AvgIpc) is 3.20. The van der Waals surface area contributed by atoms with Crippen LogP contribution in [0, 0.1) is 0 Å². The van der Waals surface area contributed by atoms with Gasteiger partial charge in [-0.1, -0.05) is 60.7 Å². The first kappa shape index (κ1) is 20.4. The molecule has 3 aromatic carbocycles. The molecule has 0 bridgehead atoms. The van der Waals surface area contributed by atoms with Gasteiger partial charge in [0.05, 0.1) is 13.2 Å². The fourth-order valence-electron chi connectivity index (χ4n) is 4.40. The number of likely N-dealkylation sites (tertiary alicyclic amines) is 1. The van der Waals surface area contributed by atoms with Gasteiger partial charge in [-0.2, -0.15) is 0 Å². The van der Waals surface area contributed by atoms with Crippen LogP contribution in [0.3, 0.4) is 0 Å². The Morgan fingerprint density at radius 3 is 2.50 bits per heavy atom. The summed E-state index contributed by atoms with van der Waals surface area (Å²) in [6.45, 7) is 2.39. The molecule has 156 valence electrons. The second-order valence-corrected chi connectivity index (χ2v) is 7.83. The molecule has 4 rings (SSSR count). The van der Waals surface area contributed by atoms with Crippen molar-refractivity contribution in [2.75, 3.05) is 20.7 Å². The molecule has 0 aliphatic carbocycles. The Labute approximate surface area is 178 Å². The maximum absolute atomic E-state index is 12.5. The number of nitrogens with one attached hydrogen (secondary N) is 2. The standard InChI is InChI=1S/C25H29N3O2/c1-26-25(29)23-14-20(17-28(23)16-18-8-4-3-5-9-18)27-15-19-12-13-24(30-2)22-11-7-6-10-21(19)22/h3-13,20,23,27H,14-17H2,1-2H3,(H,26,29)/t20-,23-/m0/s1. The third-order valence-corrected chi connectivity index (χ3v) is 5.96. The maximum atomic E-state index is 12.5. The molecule has 2 N–H and O–H groups in total. The minimum atomic E-state index is -0.111. The van der Waals surface area contributed by atoms with Crippen molar-refractivity contribution in [3.05, 3.63) is 77.9 Å². The molecule has 1 fully saturated rings. The molecule has 2 atom stereocenters. The van der Waals surface area contributed by atoms with E-state index < -0.39 is 0 Å². The molecule has 1 aliphatic rings. The smallest absolute Gasteiger partial charge is 0.237 e. The molecule has 0 spiro atoms. The summed E-state index contributed by atoms with van der Waals surface area (Å²) in [5.74, 6) is 0.981. The van der Waals surface area contributed by atoms with E-state index in [0.717, 1.165) is 37.2 Å². The highest BCUT2D eigenvalue weighted by atomic mass is 16.5. The minimum Gasteiger partial charge on any atom is -0.496 e. The summed E-state index contributed by atoms with van der Waals surface area (Å²) in [6, 6.07) is 23.0. The quantitative estimate of drug-likeness (QED) is 0.635. The number of carbonyl (C=O) groups excluding carboxylic acids is 1. The van der Waals surface area contributed by atoms with Crippen molar-refractivity contribution in [3.8, 4) is 5.75 Å². The van der Waals surface area contributed by atoms with Crippen LogP contribution in [0.2, 0.25) is 0 Å². The second-order valence-electron chi connectivity index (χ2n) is 7.83. The van der Waals surface area contributed by atoms with E-state index in [1.165, 1.54) is 16.5 Å². The lowest BCUT2D eigenvalue weighted by atomic mass is 10.0. The first-order valence-corrected chi connectivity index (χ1v) is 10.5. The molecule has 1 heterocycles. The van der Waals surface area contributed by atoms with Gasteiger partial charge >= 0.3 is 0 Å². The highest BCUT2D eigenvalue weighted by Crippen LogP contribution is 2.29. The van der Waals surface area contributed by atoms with Crippen LogP contribution < -0.4 is 15.4 Å². The molecule has 1 amide bonds. The Bertz CT molecular complexity index is 1010. The molecular weight excluding hydrogens is 374 g/mol. The summed E-state index contributed by atoms with van der Waals surface area (Å²) < 4.78 is 5.51. The molecule has 5 heteroatoms. The predicted octanol–water partition coefficient (Wildman–Crippen LogP) is 3.33. The van der Waals surface area contributed by atoms with Crippen LogP contribution >= 0.6 is 0 Å². The van der Waals surface area contributed by atoms with Crippen molar-refractivity contribution >= 4 is 16.7 Å². The van der Waals surface area contributed by atoms with Crippen LogP contribution in [0.5, 0.6) is 5.75 Å². The number of likely N-dealkylation sites (N-methyl/N-ethyl adjacent to an activating group) is 1. The van der Waals surface area contributed by atoms with Crippen LogP contribution in [0.4, 0.5) is 0 Å². The summed E-state index contributed by atoms with van der Waals surface area (Å²) in [5, 5.41) is 8.85. The van der Waals surface area contributed by atoms with Crippen molar-refractivity contribution in [2.24, 2.45) is 0 Å². The van der Waals surface area contributed by atoms with Crippen LogP contribution in [-0.2, 0) is 17.9 Å². The molecule has 5 nitrogen and oxygen atoms in total. The fraction of sp³-hybridized carbons (Fsp3) is 0.320. The molecular formula is C25H29N3O2. The number of benzene rings is 3. The highest BCUT2D eigenvalue weighted by Gasteiger charge is 2.36. The van der Waals surface area contributed by atoms with Gasteiger partial charge < -0.3 is 15.4 Å². The van der Waals surface area contributed by atoms with Gasteiger partial charge in [0, 0.05) is 38.1 Å². The second kappa shape index (κ2) is 9.28. The first-order chi connectivity index (χ1) is 14.7. The molecule has 1 aliphatic heterocycles. The Kier molecular flexibility index (Phi) is 6.31. The molecule has 1 saturated heterocycles. The fourth-order valence-corrected chi connectivity index (χ4v) is 4.40. The zero-order chi connectivity index (χ0) is 20.9. The van der Waals surface area contributed by atoms with Crippen LogP contribution in [0.25, 0.3) is 10.8 Å². The van der Waals surface area contributed by atoms with E-state index in [0.29, 0.717) is 0 Å². The van der Waals surface area contributed by atoms with E-state index in [9.17, 15) is 4.79 Å². The van der Waals surface area contributed by atoms with Crippen LogP contribution in [-0.4, -0.2) is 43.6 Å².